The van der Waals surface area contributed by atoms with Crippen LogP contribution in [0.2, 0.25) is 0 Å². The first-order valence-electron chi connectivity index (χ1n) is 4.96. The molecule has 8 heteroatoms. The van der Waals surface area contributed by atoms with Gasteiger partial charge in [0.05, 0.1) is 15.5 Å². The first-order valence-corrected chi connectivity index (χ1v) is 6.57. The molecule has 19 heavy (non-hydrogen) atoms. The average molecular weight is 351 g/mol. The molecular formula is C11H6BrF3N2OS. The highest BCUT2D eigenvalue weighted by Gasteiger charge is 2.30. The number of anilines is 1. The van der Waals surface area contributed by atoms with Crippen molar-refractivity contribution in [3.05, 3.63) is 45.4 Å². The van der Waals surface area contributed by atoms with Gasteiger partial charge in [-0.1, -0.05) is 11.3 Å². The number of nitrogens with zero attached hydrogens (tertiary/aromatic N) is 1. The summed E-state index contributed by atoms with van der Waals surface area (Å²) in [5, 5.41) is 2.87. The number of amides is 1. The third kappa shape index (κ3) is 3.54. The molecule has 0 saturated carbocycles. The van der Waals surface area contributed by atoms with Crippen LogP contribution < -0.4 is 5.32 Å². The van der Waals surface area contributed by atoms with Crippen molar-refractivity contribution in [3.63, 3.8) is 0 Å². The van der Waals surface area contributed by atoms with Gasteiger partial charge in [0.25, 0.3) is 5.91 Å². The summed E-state index contributed by atoms with van der Waals surface area (Å²) in [5.41, 5.74) is -0.652. The number of rotatable bonds is 2. The van der Waals surface area contributed by atoms with Crippen molar-refractivity contribution in [2.45, 2.75) is 6.18 Å². The minimum absolute atomic E-state index is 0.138. The van der Waals surface area contributed by atoms with Crippen LogP contribution in [0.1, 0.15) is 15.9 Å². The third-order valence-corrected chi connectivity index (χ3v) is 3.56. The second kappa shape index (κ2) is 5.30. The van der Waals surface area contributed by atoms with Gasteiger partial charge < -0.3 is 0 Å². The first-order chi connectivity index (χ1) is 8.86. The average Bonchev–Trinajstić information content (AvgIpc) is 2.74. The molecule has 0 aliphatic carbocycles. The van der Waals surface area contributed by atoms with Crippen LogP contribution in [0.4, 0.5) is 18.3 Å². The van der Waals surface area contributed by atoms with Gasteiger partial charge in [0.1, 0.15) is 0 Å². The standard InChI is InChI=1S/C11H6BrF3N2OS/c12-8-5-16-10(19-8)17-9(18)6-1-3-7(4-2-6)11(13,14)15/h1-5H,(H,16,17,18). The Morgan fingerprint density at radius 3 is 2.37 bits per heavy atom. The van der Waals surface area contributed by atoms with E-state index in [1.54, 1.807) is 0 Å². The minimum atomic E-state index is -4.41. The Morgan fingerprint density at radius 2 is 1.89 bits per heavy atom. The molecule has 0 saturated heterocycles. The number of carbonyl (C=O) groups excluding carboxylic acids is 1. The maximum absolute atomic E-state index is 12.4. The normalized spacial score (nSPS) is 11.4. The molecule has 0 aliphatic rings. The molecular weight excluding hydrogens is 345 g/mol. The van der Waals surface area contributed by atoms with Crippen molar-refractivity contribution in [3.8, 4) is 0 Å². The third-order valence-electron chi connectivity index (χ3n) is 2.17. The summed E-state index contributed by atoms with van der Waals surface area (Å²) in [6.45, 7) is 0. The molecule has 1 aromatic heterocycles. The Labute approximate surface area is 118 Å². The summed E-state index contributed by atoms with van der Waals surface area (Å²) in [7, 11) is 0. The van der Waals surface area contributed by atoms with Crippen molar-refractivity contribution < 1.29 is 18.0 Å². The fourth-order valence-corrected chi connectivity index (χ4v) is 2.39. The van der Waals surface area contributed by atoms with E-state index in [0.717, 1.165) is 28.1 Å². The highest BCUT2D eigenvalue weighted by molar-refractivity contribution is 9.11. The number of alkyl halides is 3. The van der Waals surface area contributed by atoms with E-state index >= 15 is 0 Å². The monoisotopic (exact) mass is 350 g/mol. The van der Waals surface area contributed by atoms with Crippen molar-refractivity contribution >= 4 is 38.3 Å². The summed E-state index contributed by atoms with van der Waals surface area (Å²) < 4.78 is 37.8. The predicted octanol–water partition coefficient (Wildman–Crippen LogP) is 4.18. The van der Waals surface area contributed by atoms with Crippen LogP contribution in [0.5, 0.6) is 0 Å². The van der Waals surface area contributed by atoms with Crippen LogP contribution in [0, 0.1) is 0 Å². The predicted molar refractivity (Wildman–Crippen MR) is 69.2 cm³/mol. The number of nitrogens with one attached hydrogen (secondary N) is 1. The molecule has 2 aromatic rings. The van der Waals surface area contributed by atoms with Crippen LogP contribution in [0.15, 0.2) is 34.2 Å². The lowest BCUT2D eigenvalue weighted by atomic mass is 10.1. The van der Waals surface area contributed by atoms with Gasteiger partial charge in [-0.15, -0.1) is 0 Å². The van der Waals surface area contributed by atoms with E-state index in [0.29, 0.717) is 5.13 Å². The molecule has 0 unspecified atom stereocenters. The lowest BCUT2D eigenvalue weighted by Crippen LogP contribution is -2.12. The number of aromatic nitrogens is 1. The Kier molecular flexibility index (Phi) is 3.91. The van der Waals surface area contributed by atoms with Gasteiger partial charge in [0.2, 0.25) is 0 Å². The molecule has 0 bridgehead atoms. The Balaban J connectivity index is 2.12. The number of carbonyl (C=O) groups is 1. The summed E-state index contributed by atoms with van der Waals surface area (Å²) in [4.78, 5) is 15.6. The highest BCUT2D eigenvalue weighted by Crippen LogP contribution is 2.29. The largest absolute Gasteiger partial charge is 0.416 e. The van der Waals surface area contributed by atoms with Gasteiger partial charge in [-0.25, -0.2) is 4.98 Å². The van der Waals surface area contributed by atoms with E-state index in [9.17, 15) is 18.0 Å². The molecule has 0 fully saturated rings. The quantitative estimate of drug-likeness (QED) is 0.882. The molecule has 1 aromatic carbocycles. The van der Waals surface area contributed by atoms with E-state index < -0.39 is 17.6 Å². The number of halogens is 4. The fraction of sp³-hybridized carbons (Fsp3) is 0.0909. The topological polar surface area (TPSA) is 42.0 Å². The SMILES string of the molecule is O=C(Nc1ncc(Br)s1)c1ccc(C(F)(F)F)cc1. The molecule has 1 N–H and O–H groups in total. The summed E-state index contributed by atoms with van der Waals surface area (Å²) in [6.07, 6.45) is -2.89. The van der Waals surface area contributed by atoms with Crippen LogP contribution >= 0.6 is 27.3 Å². The summed E-state index contributed by atoms with van der Waals surface area (Å²) >= 11 is 4.40. The van der Waals surface area contributed by atoms with Gasteiger partial charge in [-0.2, -0.15) is 13.2 Å². The lowest BCUT2D eigenvalue weighted by Gasteiger charge is -2.07. The zero-order chi connectivity index (χ0) is 14.0. The van der Waals surface area contributed by atoms with Crippen molar-refractivity contribution in [2.24, 2.45) is 0 Å². The minimum Gasteiger partial charge on any atom is -0.298 e. The van der Waals surface area contributed by atoms with Gasteiger partial charge in [-0.05, 0) is 40.2 Å². The summed E-state index contributed by atoms with van der Waals surface area (Å²) in [5.74, 6) is -0.504. The number of hydrogen-bond donors (Lipinski definition) is 1. The van der Waals surface area contributed by atoms with Crippen molar-refractivity contribution in [1.29, 1.82) is 0 Å². The number of benzene rings is 1. The second-order valence-corrected chi connectivity index (χ2v) is 5.91. The van der Waals surface area contributed by atoms with Crippen LogP contribution in [-0.4, -0.2) is 10.9 Å². The molecule has 0 atom stereocenters. The Morgan fingerprint density at radius 1 is 1.26 bits per heavy atom. The fourth-order valence-electron chi connectivity index (χ4n) is 1.29. The Hall–Kier alpha value is -1.41. The summed E-state index contributed by atoms with van der Waals surface area (Å²) in [6, 6.07) is 3.99. The van der Waals surface area contributed by atoms with Crippen LogP contribution in [0.3, 0.4) is 0 Å². The smallest absolute Gasteiger partial charge is 0.298 e. The molecule has 0 radical (unpaired) electrons. The Bertz CT molecular complexity index is 595. The number of thiazole rings is 1. The number of hydrogen-bond acceptors (Lipinski definition) is 3. The zero-order valence-corrected chi connectivity index (χ0v) is 11.6. The molecule has 100 valence electrons. The molecule has 1 heterocycles. The molecule has 2 rings (SSSR count). The maximum atomic E-state index is 12.4. The highest BCUT2D eigenvalue weighted by atomic mass is 79.9. The lowest BCUT2D eigenvalue weighted by molar-refractivity contribution is -0.137. The van der Waals surface area contributed by atoms with Gasteiger partial charge >= 0.3 is 6.18 Å². The van der Waals surface area contributed by atoms with Crippen molar-refractivity contribution in [1.82, 2.24) is 4.98 Å². The first kappa shape index (κ1) is 14.0. The van der Waals surface area contributed by atoms with E-state index in [1.807, 2.05) is 0 Å². The van der Waals surface area contributed by atoms with Crippen LogP contribution in [0.25, 0.3) is 0 Å². The van der Waals surface area contributed by atoms with E-state index in [2.05, 4.69) is 26.2 Å². The second-order valence-electron chi connectivity index (χ2n) is 3.50. The molecule has 1 amide bonds. The van der Waals surface area contributed by atoms with Crippen LogP contribution in [-0.2, 0) is 6.18 Å². The molecule has 0 aliphatic heterocycles. The maximum Gasteiger partial charge on any atom is 0.416 e. The van der Waals surface area contributed by atoms with Gasteiger partial charge in [0, 0.05) is 5.56 Å². The van der Waals surface area contributed by atoms with Gasteiger partial charge in [0.15, 0.2) is 5.13 Å². The van der Waals surface area contributed by atoms with Crippen molar-refractivity contribution in [2.75, 3.05) is 5.32 Å². The molecule has 3 nitrogen and oxygen atoms in total. The molecule has 0 spiro atoms. The van der Waals surface area contributed by atoms with Gasteiger partial charge in [-0.3, -0.25) is 10.1 Å². The van der Waals surface area contributed by atoms with E-state index in [1.165, 1.54) is 17.5 Å². The van der Waals surface area contributed by atoms with E-state index in [4.69, 9.17) is 0 Å². The van der Waals surface area contributed by atoms with E-state index in [-0.39, 0.29) is 5.56 Å². The zero-order valence-electron chi connectivity index (χ0n) is 9.16.